The van der Waals surface area contributed by atoms with Gasteiger partial charge in [0.05, 0.1) is 12.2 Å². The van der Waals surface area contributed by atoms with Gasteiger partial charge in [0.2, 0.25) is 11.9 Å². The molecule has 0 atom stereocenters. The zero-order chi connectivity index (χ0) is 25.9. The van der Waals surface area contributed by atoms with Crippen LogP contribution in [0.15, 0.2) is 24.3 Å². The SMILES string of the molecule is CCOC(=O)C1(Nc2nc(Nc3ccc(C(=O)OC(C)(C)C)cc3)nc(OCC(F)(F)F)n2)CC1. The number of nitrogens with zero attached hydrogens (tertiary/aromatic N) is 3. The smallest absolute Gasteiger partial charge is 0.422 e. The zero-order valence-electron chi connectivity index (χ0n) is 19.7. The zero-order valence-corrected chi connectivity index (χ0v) is 19.7. The van der Waals surface area contributed by atoms with Crippen LogP contribution in [-0.4, -0.2) is 57.4 Å². The molecule has 2 aromatic rings. The van der Waals surface area contributed by atoms with Crippen LogP contribution in [0.4, 0.5) is 30.8 Å². The molecule has 0 aliphatic heterocycles. The maximum absolute atomic E-state index is 12.6. The van der Waals surface area contributed by atoms with Crippen molar-refractivity contribution in [2.45, 2.75) is 57.9 Å². The van der Waals surface area contributed by atoms with Crippen molar-refractivity contribution in [3.05, 3.63) is 29.8 Å². The summed E-state index contributed by atoms with van der Waals surface area (Å²) in [6.45, 7) is 5.48. The Hall–Kier alpha value is -3.64. The molecule has 0 radical (unpaired) electrons. The molecule has 1 heterocycles. The van der Waals surface area contributed by atoms with Crippen LogP contribution in [0.25, 0.3) is 0 Å². The Morgan fingerprint density at radius 2 is 1.66 bits per heavy atom. The van der Waals surface area contributed by atoms with Crippen LogP contribution in [0.1, 0.15) is 50.9 Å². The number of benzene rings is 1. The highest BCUT2D eigenvalue weighted by atomic mass is 19.4. The van der Waals surface area contributed by atoms with Gasteiger partial charge in [-0.1, -0.05) is 0 Å². The number of alkyl halides is 3. The normalized spacial score (nSPS) is 14.6. The standard InChI is InChI=1S/C22H26F3N5O5/c1-5-33-16(32)21(10-11-21)30-18-27-17(28-19(29-18)34-12-22(23,24)25)26-14-8-6-13(7-9-14)15(31)35-20(2,3)4/h6-9H,5,10-12H2,1-4H3,(H2,26,27,28,29,30). The lowest BCUT2D eigenvalue weighted by molar-refractivity contribution is -0.154. The summed E-state index contributed by atoms with van der Waals surface area (Å²) in [4.78, 5) is 36.3. The monoisotopic (exact) mass is 497 g/mol. The van der Waals surface area contributed by atoms with Crippen molar-refractivity contribution in [3.8, 4) is 6.01 Å². The lowest BCUT2D eigenvalue weighted by atomic mass is 10.1. The third-order valence-corrected chi connectivity index (χ3v) is 4.52. The van der Waals surface area contributed by atoms with E-state index in [-0.39, 0.29) is 18.5 Å². The molecule has 1 aromatic heterocycles. The van der Waals surface area contributed by atoms with Crippen LogP contribution in [0.3, 0.4) is 0 Å². The summed E-state index contributed by atoms with van der Waals surface area (Å²) in [5.74, 6) is -1.31. The molecule has 0 bridgehead atoms. The summed E-state index contributed by atoms with van der Waals surface area (Å²) < 4.78 is 53.0. The molecular formula is C22H26F3N5O5. The summed E-state index contributed by atoms with van der Waals surface area (Å²) in [5, 5.41) is 5.65. The van der Waals surface area contributed by atoms with E-state index >= 15 is 0 Å². The minimum Gasteiger partial charge on any atom is -0.464 e. The average molecular weight is 497 g/mol. The molecule has 1 aliphatic carbocycles. The topological polar surface area (TPSA) is 125 Å². The molecule has 13 heteroatoms. The number of hydrogen-bond donors (Lipinski definition) is 2. The lowest BCUT2D eigenvalue weighted by Crippen LogP contribution is -2.34. The third kappa shape index (κ3) is 7.69. The molecule has 0 amide bonds. The second kappa shape index (κ2) is 9.92. The fourth-order valence-corrected chi connectivity index (χ4v) is 2.82. The summed E-state index contributed by atoms with van der Waals surface area (Å²) in [6, 6.07) is 5.53. The molecule has 1 aromatic carbocycles. The molecule has 3 rings (SSSR count). The molecule has 1 fully saturated rings. The van der Waals surface area contributed by atoms with Gasteiger partial charge < -0.3 is 24.8 Å². The molecule has 0 saturated heterocycles. The number of halogens is 3. The number of anilines is 3. The Labute approximate surface area is 199 Å². The number of ether oxygens (including phenoxy) is 3. The number of aromatic nitrogens is 3. The molecule has 1 saturated carbocycles. The van der Waals surface area contributed by atoms with Gasteiger partial charge in [-0.15, -0.1) is 0 Å². The van der Waals surface area contributed by atoms with Crippen LogP contribution in [0.2, 0.25) is 0 Å². The maximum Gasteiger partial charge on any atom is 0.422 e. The Balaban J connectivity index is 1.80. The number of carbonyl (C=O) groups excluding carboxylic acids is 2. The van der Waals surface area contributed by atoms with Crippen molar-refractivity contribution in [3.63, 3.8) is 0 Å². The van der Waals surface area contributed by atoms with E-state index in [1.165, 1.54) is 12.1 Å². The molecule has 190 valence electrons. The second-order valence-corrected chi connectivity index (χ2v) is 8.80. The van der Waals surface area contributed by atoms with Crippen LogP contribution < -0.4 is 15.4 Å². The largest absolute Gasteiger partial charge is 0.464 e. The highest BCUT2D eigenvalue weighted by Crippen LogP contribution is 2.39. The van der Waals surface area contributed by atoms with E-state index in [0.717, 1.165) is 0 Å². The van der Waals surface area contributed by atoms with Crippen LogP contribution >= 0.6 is 0 Å². The predicted molar refractivity (Wildman–Crippen MR) is 118 cm³/mol. The molecule has 1 aliphatic rings. The second-order valence-electron chi connectivity index (χ2n) is 8.80. The van der Waals surface area contributed by atoms with E-state index in [2.05, 4.69) is 30.3 Å². The number of hydrogen-bond acceptors (Lipinski definition) is 10. The Kier molecular flexibility index (Phi) is 7.36. The first-order valence-electron chi connectivity index (χ1n) is 10.8. The first kappa shape index (κ1) is 26.0. The average Bonchev–Trinajstić information content (AvgIpc) is 3.52. The number of nitrogens with one attached hydrogen (secondary N) is 2. The molecule has 2 N–H and O–H groups in total. The van der Waals surface area contributed by atoms with E-state index in [1.54, 1.807) is 39.8 Å². The molecule has 0 spiro atoms. The van der Waals surface area contributed by atoms with E-state index in [0.29, 0.717) is 24.1 Å². The summed E-state index contributed by atoms with van der Waals surface area (Å²) in [7, 11) is 0. The van der Waals surface area contributed by atoms with Crippen LogP contribution in [0.5, 0.6) is 6.01 Å². The Morgan fingerprint density at radius 1 is 1.03 bits per heavy atom. The minimum absolute atomic E-state index is 0.135. The maximum atomic E-state index is 12.6. The predicted octanol–water partition coefficient (Wildman–Crippen LogP) is 4.02. The molecule has 0 unspecified atom stereocenters. The Morgan fingerprint density at radius 3 is 2.20 bits per heavy atom. The van der Waals surface area contributed by atoms with Crippen molar-refractivity contribution in [1.29, 1.82) is 0 Å². The molecular weight excluding hydrogens is 471 g/mol. The van der Waals surface area contributed by atoms with Crippen molar-refractivity contribution in [1.82, 2.24) is 15.0 Å². The quantitative estimate of drug-likeness (QED) is 0.491. The lowest BCUT2D eigenvalue weighted by Gasteiger charge is -2.19. The number of rotatable bonds is 9. The van der Waals surface area contributed by atoms with Crippen LogP contribution in [-0.2, 0) is 14.3 Å². The van der Waals surface area contributed by atoms with Gasteiger partial charge in [0.15, 0.2) is 6.61 Å². The van der Waals surface area contributed by atoms with Gasteiger partial charge in [-0.2, -0.15) is 28.1 Å². The van der Waals surface area contributed by atoms with Gasteiger partial charge in [-0.3, -0.25) is 0 Å². The summed E-state index contributed by atoms with van der Waals surface area (Å²) >= 11 is 0. The van der Waals surface area contributed by atoms with Gasteiger partial charge >= 0.3 is 24.1 Å². The van der Waals surface area contributed by atoms with Gasteiger partial charge in [-0.25, -0.2) is 9.59 Å². The van der Waals surface area contributed by atoms with Crippen molar-refractivity contribution < 1.29 is 37.0 Å². The van der Waals surface area contributed by atoms with Crippen LogP contribution in [0, 0.1) is 0 Å². The summed E-state index contributed by atoms with van der Waals surface area (Å²) in [6.07, 6.45) is -3.70. The van der Waals surface area contributed by atoms with E-state index < -0.39 is 41.9 Å². The number of esters is 2. The highest BCUT2D eigenvalue weighted by molar-refractivity contribution is 5.90. The van der Waals surface area contributed by atoms with Gasteiger partial charge in [0, 0.05) is 5.69 Å². The van der Waals surface area contributed by atoms with Gasteiger partial charge in [0.25, 0.3) is 0 Å². The first-order chi connectivity index (χ1) is 16.3. The van der Waals surface area contributed by atoms with Gasteiger partial charge in [0.1, 0.15) is 11.1 Å². The third-order valence-electron chi connectivity index (χ3n) is 4.52. The van der Waals surface area contributed by atoms with Crippen molar-refractivity contribution >= 4 is 29.5 Å². The fraction of sp³-hybridized carbons (Fsp3) is 0.500. The van der Waals surface area contributed by atoms with Crippen molar-refractivity contribution in [2.24, 2.45) is 0 Å². The Bertz CT molecular complexity index is 1070. The molecule has 10 nitrogen and oxygen atoms in total. The van der Waals surface area contributed by atoms with Crippen molar-refractivity contribution in [2.75, 3.05) is 23.8 Å². The number of carbonyl (C=O) groups is 2. The molecule has 35 heavy (non-hydrogen) atoms. The minimum atomic E-state index is -4.60. The van der Waals surface area contributed by atoms with E-state index in [9.17, 15) is 22.8 Å². The van der Waals surface area contributed by atoms with E-state index in [4.69, 9.17) is 9.47 Å². The first-order valence-corrected chi connectivity index (χ1v) is 10.8. The van der Waals surface area contributed by atoms with E-state index in [1.807, 2.05) is 0 Å². The fourth-order valence-electron chi connectivity index (χ4n) is 2.82. The summed E-state index contributed by atoms with van der Waals surface area (Å²) in [5.41, 5.74) is -0.965. The highest BCUT2D eigenvalue weighted by Gasteiger charge is 2.52. The van der Waals surface area contributed by atoms with Gasteiger partial charge in [-0.05, 0) is 64.8 Å².